The highest BCUT2D eigenvalue weighted by atomic mass is 127. The van der Waals surface area contributed by atoms with Gasteiger partial charge in [0.05, 0.1) is 0 Å². The Kier molecular flexibility index (Phi) is 8.38. The molecule has 2 unspecified atom stereocenters. The summed E-state index contributed by atoms with van der Waals surface area (Å²) in [7, 11) is 0. The van der Waals surface area contributed by atoms with Crippen molar-refractivity contribution < 1.29 is 38.8 Å². The fraction of sp³-hybridized carbons (Fsp3) is 0.316. The first-order valence-corrected chi connectivity index (χ1v) is 7.93. The summed E-state index contributed by atoms with van der Waals surface area (Å²) < 4.78 is 1.74. The Hall–Kier alpha value is -1.44. The fourth-order valence-electron chi connectivity index (χ4n) is 2.44. The minimum absolute atomic E-state index is 0. The molecule has 0 spiro atoms. The normalized spacial score (nSPS) is 13.4. The molecule has 2 aromatic rings. The predicted octanol–water partition coefficient (Wildman–Crippen LogP) is -0.176. The van der Waals surface area contributed by atoms with Crippen LogP contribution in [0.1, 0.15) is 38.1 Å². The SMILES string of the molecule is CCN(c1ccc(/C=C/c2cc[n+](C(C)O)cc2)cc1)C(C)O.[I-]. The van der Waals surface area contributed by atoms with Crippen LogP contribution in [-0.4, -0.2) is 23.0 Å². The summed E-state index contributed by atoms with van der Waals surface area (Å²) in [6, 6.07) is 12.0. The molecule has 0 bridgehead atoms. The lowest BCUT2D eigenvalue weighted by Gasteiger charge is -2.26. The summed E-state index contributed by atoms with van der Waals surface area (Å²) in [6.45, 7) is 6.28. The van der Waals surface area contributed by atoms with Crippen LogP contribution in [0.15, 0.2) is 48.8 Å². The Morgan fingerprint density at radius 3 is 1.88 bits per heavy atom. The lowest BCUT2D eigenvalue weighted by molar-refractivity contribution is -0.755. The number of aliphatic hydroxyl groups is 2. The molecule has 0 aliphatic heterocycles. The van der Waals surface area contributed by atoms with Crippen molar-refractivity contribution in [1.82, 2.24) is 0 Å². The molecule has 2 atom stereocenters. The van der Waals surface area contributed by atoms with E-state index in [1.807, 2.05) is 72.8 Å². The van der Waals surface area contributed by atoms with Crippen molar-refractivity contribution in [2.45, 2.75) is 33.2 Å². The van der Waals surface area contributed by atoms with E-state index < -0.39 is 12.5 Å². The van der Waals surface area contributed by atoms with Crippen LogP contribution < -0.4 is 33.4 Å². The van der Waals surface area contributed by atoms with Crippen molar-refractivity contribution in [1.29, 1.82) is 0 Å². The number of anilines is 1. The number of hydrogen-bond acceptors (Lipinski definition) is 3. The number of aliphatic hydroxyl groups excluding tert-OH is 2. The summed E-state index contributed by atoms with van der Waals surface area (Å²) in [5.74, 6) is 0. The average molecular weight is 440 g/mol. The number of aromatic nitrogens is 1. The summed E-state index contributed by atoms with van der Waals surface area (Å²) in [6.07, 6.45) is 6.78. The zero-order valence-corrected chi connectivity index (χ0v) is 16.5. The van der Waals surface area contributed by atoms with Crippen molar-refractivity contribution in [2.24, 2.45) is 0 Å². The maximum atomic E-state index is 9.74. The van der Waals surface area contributed by atoms with Gasteiger partial charge in [-0.05, 0) is 37.1 Å². The molecule has 130 valence electrons. The minimum atomic E-state index is -0.518. The van der Waals surface area contributed by atoms with Gasteiger partial charge in [0.25, 0.3) is 6.23 Å². The fourth-order valence-corrected chi connectivity index (χ4v) is 2.44. The van der Waals surface area contributed by atoms with E-state index in [4.69, 9.17) is 0 Å². The maximum Gasteiger partial charge on any atom is 0.257 e. The number of benzene rings is 1. The van der Waals surface area contributed by atoms with Gasteiger partial charge in [0.15, 0.2) is 12.4 Å². The smallest absolute Gasteiger partial charge is 0.257 e. The zero-order valence-electron chi connectivity index (χ0n) is 14.3. The van der Waals surface area contributed by atoms with Gasteiger partial charge in [0, 0.05) is 31.3 Å². The highest BCUT2D eigenvalue weighted by Gasteiger charge is 2.08. The highest BCUT2D eigenvalue weighted by molar-refractivity contribution is 5.70. The number of pyridine rings is 1. The van der Waals surface area contributed by atoms with Crippen molar-refractivity contribution in [3.8, 4) is 0 Å². The van der Waals surface area contributed by atoms with E-state index in [1.54, 1.807) is 18.4 Å². The van der Waals surface area contributed by atoms with E-state index in [2.05, 4.69) is 0 Å². The largest absolute Gasteiger partial charge is 1.00 e. The van der Waals surface area contributed by atoms with Gasteiger partial charge in [0.2, 0.25) is 0 Å². The van der Waals surface area contributed by atoms with Gasteiger partial charge in [0.1, 0.15) is 6.23 Å². The molecule has 2 rings (SSSR count). The third kappa shape index (κ3) is 5.58. The van der Waals surface area contributed by atoms with Crippen LogP contribution in [0, 0.1) is 0 Å². The van der Waals surface area contributed by atoms with Crippen LogP contribution in [0.5, 0.6) is 0 Å². The van der Waals surface area contributed by atoms with Crippen molar-refractivity contribution in [2.75, 3.05) is 11.4 Å². The topological polar surface area (TPSA) is 47.6 Å². The average Bonchev–Trinajstić information content (AvgIpc) is 2.55. The van der Waals surface area contributed by atoms with Gasteiger partial charge in [-0.15, -0.1) is 0 Å². The third-order valence-corrected chi connectivity index (χ3v) is 3.79. The van der Waals surface area contributed by atoms with Crippen molar-refractivity contribution in [3.63, 3.8) is 0 Å². The van der Waals surface area contributed by atoms with Crippen LogP contribution in [0.2, 0.25) is 0 Å². The van der Waals surface area contributed by atoms with Gasteiger partial charge in [-0.25, -0.2) is 0 Å². The standard InChI is InChI=1S/C19H25N2O2.HI/c1-4-21(16(3)23)19-9-7-17(8-10-19)5-6-18-11-13-20(14-12-18)15(2)22;/h5-16,22-23H,4H2,1-3H3;1H/q+1;/p-1. The Balaban J connectivity index is 0.00000288. The first-order valence-electron chi connectivity index (χ1n) is 7.93. The molecular weight excluding hydrogens is 415 g/mol. The molecule has 0 radical (unpaired) electrons. The van der Waals surface area contributed by atoms with E-state index >= 15 is 0 Å². The molecule has 0 aliphatic rings. The van der Waals surface area contributed by atoms with Crippen LogP contribution in [-0.2, 0) is 0 Å². The van der Waals surface area contributed by atoms with E-state index in [-0.39, 0.29) is 24.0 Å². The number of hydrogen-bond donors (Lipinski definition) is 2. The molecular formula is C19H25IN2O2. The molecule has 24 heavy (non-hydrogen) atoms. The molecule has 0 saturated carbocycles. The first kappa shape index (κ1) is 20.6. The van der Waals surface area contributed by atoms with Gasteiger partial charge >= 0.3 is 0 Å². The Bertz CT molecular complexity index is 637. The van der Waals surface area contributed by atoms with E-state index in [9.17, 15) is 10.2 Å². The highest BCUT2D eigenvalue weighted by Crippen LogP contribution is 2.18. The molecule has 2 N–H and O–H groups in total. The Morgan fingerprint density at radius 1 is 0.958 bits per heavy atom. The molecule has 4 nitrogen and oxygen atoms in total. The van der Waals surface area contributed by atoms with Gasteiger partial charge in [-0.1, -0.05) is 24.3 Å². The van der Waals surface area contributed by atoms with Crippen LogP contribution in [0.3, 0.4) is 0 Å². The van der Waals surface area contributed by atoms with Gasteiger partial charge in [-0.2, -0.15) is 4.57 Å². The Morgan fingerprint density at radius 2 is 1.46 bits per heavy atom. The number of halogens is 1. The maximum absolute atomic E-state index is 9.74. The second-order valence-electron chi connectivity index (χ2n) is 5.55. The summed E-state index contributed by atoms with van der Waals surface area (Å²) in [5.41, 5.74) is 3.19. The quantitative estimate of drug-likeness (QED) is 0.373. The first-order chi connectivity index (χ1) is 11.0. The molecule has 0 fully saturated rings. The molecule has 0 saturated heterocycles. The molecule has 1 aromatic carbocycles. The van der Waals surface area contributed by atoms with E-state index in [0.29, 0.717) is 0 Å². The molecule has 1 heterocycles. The van der Waals surface area contributed by atoms with E-state index in [0.717, 1.165) is 23.4 Å². The van der Waals surface area contributed by atoms with Crippen LogP contribution in [0.4, 0.5) is 5.69 Å². The van der Waals surface area contributed by atoms with Crippen LogP contribution in [0.25, 0.3) is 12.2 Å². The molecule has 0 amide bonds. The minimum Gasteiger partial charge on any atom is -1.00 e. The summed E-state index contributed by atoms with van der Waals surface area (Å²) in [4.78, 5) is 1.93. The summed E-state index contributed by atoms with van der Waals surface area (Å²) in [5, 5.41) is 19.2. The third-order valence-electron chi connectivity index (χ3n) is 3.79. The Labute approximate surface area is 161 Å². The monoisotopic (exact) mass is 440 g/mol. The van der Waals surface area contributed by atoms with Gasteiger partial charge < -0.3 is 39.1 Å². The molecule has 1 aromatic heterocycles. The van der Waals surface area contributed by atoms with E-state index in [1.165, 1.54) is 0 Å². The number of rotatable bonds is 6. The zero-order chi connectivity index (χ0) is 16.8. The lowest BCUT2D eigenvalue weighted by atomic mass is 10.1. The van der Waals surface area contributed by atoms with Crippen LogP contribution >= 0.6 is 0 Å². The van der Waals surface area contributed by atoms with Crippen molar-refractivity contribution >= 4 is 17.8 Å². The predicted molar refractivity (Wildman–Crippen MR) is 93.6 cm³/mol. The second kappa shape index (κ2) is 9.76. The number of nitrogens with zero attached hydrogens (tertiary/aromatic N) is 2. The second-order valence-corrected chi connectivity index (χ2v) is 5.55. The van der Waals surface area contributed by atoms with Gasteiger partial charge in [-0.3, -0.25) is 0 Å². The lowest BCUT2D eigenvalue weighted by Crippen LogP contribution is -3.00. The molecule has 0 aliphatic carbocycles. The summed E-state index contributed by atoms with van der Waals surface area (Å²) >= 11 is 0. The van der Waals surface area contributed by atoms with Crippen molar-refractivity contribution in [3.05, 3.63) is 59.9 Å². The molecule has 5 heteroatoms.